The number of carbonyl (C=O) groups is 1. The standard InChI is InChI=1S/C13H18FN3O/c14-11-3-1-10(2-4-11)12(18)9-13(15)17-7-5-16-6-8-17/h1-4,13,16H,5-9,15H2. The number of nitrogens with two attached hydrogens (primary N) is 1. The van der Waals surface area contributed by atoms with Crippen molar-refractivity contribution < 1.29 is 9.18 Å². The van der Waals surface area contributed by atoms with E-state index in [-0.39, 0.29) is 24.2 Å². The summed E-state index contributed by atoms with van der Waals surface area (Å²) in [7, 11) is 0. The van der Waals surface area contributed by atoms with Crippen molar-refractivity contribution in [1.82, 2.24) is 10.2 Å². The molecule has 1 aliphatic rings. The number of hydrogen-bond donors (Lipinski definition) is 2. The zero-order chi connectivity index (χ0) is 13.0. The molecular weight excluding hydrogens is 233 g/mol. The summed E-state index contributed by atoms with van der Waals surface area (Å²) < 4.78 is 12.8. The maximum absolute atomic E-state index is 12.8. The Morgan fingerprint density at radius 2 is 1.94 bits per heavy atom. The number of ketones is 1. The summed E-state index contributed by atoms with van der Waals surface area (Å²) in [5.41, 5.74) is 6.54. The van der Waals surface area contributed by atoms with Crippen molar-refractivity contribution in [2.45, 2.75) is 12.6 Å². The fraction of sp³-hybridized carbons (Fsp3) is 0.462. The van der Waals surface area contributed by atoms with Crippen molar-refractivity contribution in [2.75, 3.05) is 26.2 Å². The van der Waals surface area contributed by atoms with Gasteiger partial charge in [0.15, 0.2) is 5.78 Å². The Morgan fingerprint density at radius 3 is 2.56 bits per heavy atom. The summed E-state index contributed by atoms with van der Waals surface area (Å²) in [6.07, 6.45) is 0.00990. The zero-order valence-electron chi connectivity index (χ0n) is 10.2. The second-order valence-electron chi connectivity index (χ2n) is 4.49. The van der Waals surface area contributed by atoms with Gasteiger partial charge in [-0.25, -0.2) is 4.39 Å². The van der Waals surface area contributed by atoms with Crippen molar-refractivity contribution in [3.63, 3.8) is 0 Å². The largest absolute Gasteiger partial charge is 0.315 e. The van der Waals surface area contributed by atoms with E-state index in [1.165, 1.54) is 24.3 Å². The molecule has 0 aliphatic carbocycles. The third kappa shape index (κ3) is 3.35. The minimum Gasteiger partial charge on any atom is -0.315 e. The number of rotatable bonds is 4. The summed E-state index contributed by atoms with van der Waals surface area (Å²) in [5.74, 6) is -0.376. The SMILES string of the molecule is NC(CC(=O)c1ccc(F)cc1)N1CCNCC1. The van der Waals surface area contributed by atoms with E-state index in [4.69, 9.17) is 5.73 Å². The topological polar surface area (TPSA) is 58.4 Å². The van der Waals surface area contributed by atoms with Gasteiger partial charge in [-0.1, -0.05) is 0 Å². The van der Waals surface area contributed by atoms with Crippen LogP contribution in [0, 0.1) is 5.82 Å². The van der Waals surface area contributed by atoms with Gasteiger partial charge >= 0.3 is 0 Å². The van der Waals surface area contributed by atoms with Gasteiger partial charge in [0.25, 0.3) is 0 Å². The van der Waals surface area contributed by atoms with Crippen LogP contribution in [0.15, 0.2) is 24.3 Å². The van der Waals surface area contributed by atoms with Crippen LogP contribution in [-0.2, 0) is 0 Å². The smallest absolute Gasteiger partial charge is 0.165 e. The molecule has 2 rings (SSSR count). The summed E-state index contributed by atoms with van der Waals surface area (Å²) in [5, 5.41) is 3.24. The normalized spacial score (nSPS) is 18.6. The quantitative estimate of drug-likeness (QED) is 0.769. The summed E-state index contributed by atoms with van der Waals surface area (Å²) in [6, 6.07) is 5.59. The van der Waals surface area contributed by atoms with Gasteiger partial charge in [0.05, 0.1) is 6.17 Å². The Kier molecular flexibility index (Phi) is 4.41. The van der Waals surface area contributed by atoms with Gasteiger partial charge in [0, 0.05) is 38.2 Å². The van der Waals surface area contributed by atoms with E-state index in [1.54, 1.807) is 0 Å². The molecule has 0 aromatic heterocycles. The number of carbonyl (C=O) groups excluding carboxylic acids is 1. The number of hydrogen-bond acceptors (Lipinski definition) is 4. The number of piperazine rings is 1. The molecule has 1 fully saturated rings. The van der Waals surface area contributed by atoms with Crippen LogP contribution in [0.1, 0.15) is 16.8 Å². The van der Waals surface area contributed by atoms with E-state index in [9.17, 15) is 9.18 Å². The van der Waals surface area contributed by atoms with Crippen molar-refractivity contribution in [3.8, 4) is 0 Å². The third-order valence-corrected chi connectivity index (χ3v) is 3.18. The molecule has 1 unspecified atom stereocenters. The zero-order valence-corrected chi connectivity index (χ0v) is 10.2. The molecule has 98 valence electrons. The van der Waals surface area contributed by atoms with Crippen LogP contribution < -0.4 is 11.1 Å². The van der Waals surface area contributed by atoms with Gasteiger partial charge < -0.3 is 11.1 Å². The minimum absolute atomic E-state index is 0.0407. The van der Waals surface area contributed by atoms with Gasteiger partial charge in [-0.15, -0.1) is 0 Å². The molecule has 3 N–H and O–H groups in total. The molecule has 18 heavy (non-hydrogen) atoms. The van der Waals surface area contributed by atoms with Gasteiger partial charge in [-0.05, 0) is 24.3 Å². The molecule has 0 saturated carbocycles. The summed E-state index contributed by atoms with van der Waals surface area (Å²) in [4.78, 5) is 14.1. The van der Waals surface area contributed by atoms with Crippen LogP contribution in [0.5, 0.6) is 0 Å². The molecule has 0 bridgehead atoms. The Hall–Kier alpha value is -1.30. The van der Waals surface area contributed by atoms with E-state index >= 15 is 0 Å². The molecule has 4 nitrogen and oxygen atoms in total. The molecule has 1 saturated heterocycles. The Balaban J connectivity index is 1.91. The maximum Gasteiger partial charge on any atom is 0.165 e. The molecule has 0 amide bonds. The van der Waals surface area contributed by atoms with Crippen LogP contribution in [0.4, 0.5) is 4.39 Å². The molecule has 1 atom stereocenters. The lowest BCUT2D eigenvalue weighted by Crippen LogP contribution is -2.52. The van der Waals surface area contributed by atoms with Crippen LogP contribution >= 0.6 is 0 Å². The van der Waals surface area contributed by atoms with Crippen molar-refractivity contribution in [1.29, 1.82) is 0 Å². The van der Waals surface area contributed by atoms with E-state index in [0.717, 1.165) is 26.2 Å². The van der Waals surface area contributed by atoms with Crippen molar-refractivity contribution >= 4 is 5.78 Å². The first-order chi connectivity index (χ1) is 8.66. The first kappa shape index (κ1) is 13.1. The molecule has 1 aromatic rings. The highest BCUT2D eigenvalue weighted by atomic mass is 19.1. The molecule has 1 aromatic carbocycles. The lowest BCUT2D eigenvalue weighted by Gasteiger charge is -2.32. The predicted molar refractivity (Wildman–Crippen MR) is 67.8 cm³/mol. The lowest BCUT2D eigenvalue weighted by atomic mass is 10.1. The predicted octanol–water partition coefficient (Wildman–Crippen LogP) is 0.589. The van der Waals surface area contributed by atoms with Crippen LogP contribution in [0.3, 0.4) is 0 Å². The van der Waals surface area contributed by atoms with E-state index < -0.39 is 0 Å². The van der Waals surface area contributed by atoms with Crippen LogP contribution in [0.2, 0.25) is 0 Å². The van der Waals surface area contributed by atoms with Gasteiger partial charge in [-0.3, -0.25) is 9.69 Å². The number of benzene rings is 1. The highest BCUT2D eigenvalue weighted by Crippen LogP contribution is 2.09. The average molecular weight is 251 g/mol. The first-order valence-corrected chi connectivity index (χ1v) is 6.16. The molecule has 0 radical (unpaired) electrons. The van der Waals surface area contributed by atoms with Crippen LogP contribution in [-0.4, -0.2) is 43.0 Å². The third-order valence-electron chi connectivity index (χ3n) is 3.18. The van der Waals surface area contributed by atoms with Gasteiger partial charge in [0.2, 0.25) is 0 Å². The molecule has 5 heteroatoms. The summed E-state index contributed by atoms with van der Waals surface area (Å²) >= 11 is 0. The fourth-order valence-corrected chi connectivity index (χ4v) is 2.09. The highest BCUT2D eigenvalue weighted by molar-refractivity contribution is 5.96. The second-order valence-corrected chi connectivity index (χ2v) is 4.49. The van der Waals surface area contributed by atoms with Crippen molar-refractivity contribution in [2.24, 2.45) is 5.73 Å². The van der Waals surface area contributed by atoms with E-state index in [0.29, 0.717) is 5.56 Å². The van der Waals surface area contributed by atoms with Gasteiger partial charge in [0.1, 0.15) is 5.82 Å². The number of nitrogens with zero attached hydrogens (tertiary/aromatic N) is 1. The molecule has 1 heterocycles. The first-order valence-electron chi connectivity index (χ1n) is 6.16. The number of halogens is 1. The molecule has 0 spiro atoms. The van der Waals surface area contributed by atoms with Crippen LogP contribution in [0.25, 0.3) is 0 Å². The maximum atomic E-state index is 12.8. The van der Waals surface area contributed by atoms with E-state index in [1.807, 2.05) is 0 Å². The lowest BCUT2D eigenvalue weighted by molar-refractivity contribution is 0.0909. The number of nitrogens with one attached hydrogen (secondary N) is 1. The summed E-state index contributed by atoms with van der Waals surface area (Å²) in [6.45, 7) is 3.52. The average Bonchev–Trinajstić information content (AvgIpc) is 2.40. The Labute approximate surface area is 106 Å². The second kappa shape index (κ2) is 6.04. The van der Waals surface area contributed by atoms with Gasteiger partial charge in [-0.2, -0.15) is 0 Å². The molecule has 1 aliphatic heterocycles. The minimum atomic E-state index is -0.335. The molecular formula is C13H18FN3O. The highest BCUT2D eigenvalue weighted by Gasteiger charge is 2.20. The monoisotopic (exact) mass is 251 g/mol. The van der Waals surface area contributed by atoms with Crippen molar-refractivity contribution in [3.05, 3.63) is 35.6 Å². The Morgan fingerprint density at radius 1 is 1.33 bits per heavy atom. The number of Topliss-reactive ketones (excluding diaryl/α,β-unsaturated/α-hetero) is 1. The van der Waals surface area contributed by atoms with E-state index in [2.05, 4.69) is 10.2 Å². The Bertz CT molecular complexity index is 401. The fourth-order valence-electron chi connectivity index (χ4n) is 2.09.